The second kappa shape index (κ2) is 13.6. The number of hydrogen-bond donors (Lipinski definition) is 0. The van der Waals surface area contributed by atoms with E-state index >= 15 is 0 Å². The van der Waals surface area contributed by atoms with Gasteiger partial charge in [-0.05, 0) is 114 Å². The molecule has 2 heterocycles. The molecule has 0 amide bonds. The molecular formula is C53H36F3N3. The van der Waals surface area contributed by atoms with Crippen LogP contribution in [0.5, 0.6) is 0 Å². The summed E-state index contributed by atoms with van der Waals surface area (Å²) in [7, 11) is 0. The van der Waals surface area contributed by atoms with Crippen LogP contribution in [0.2, 0.25) is 0 Å². The number of nitrogens with zero attached hydrogens (tertiary/aromatic N) is 3. The zero-order chi connectivity index (χ0) is 40.6. The summed E-state index contributed by atoms with van der Waals surface area (Å²) in [4.78, 5) is 0. The van der Waals surface area contributed by atoms with Crippen LogP contribution < -0.4 is 0 Å². The lowest BCUT2D eigenvalue weighted by Crippen LogP contribution is -2.10. The molecule has 0 N–H and O–H groups in total. The average molecular weight is 772 g/mol. The predicted octanol–water partition coefficient (Wildman–Crippen LogP) is 14.7. The lowest BCUT2D eigenvalue weighted by atomic mass is 9.92. The molecule has 0 saturated carbocycles. The Morgan fingerprint density at radius 3 is 1.37 bits per heavy atom. The SMILES string of the molecule is Cc1cccc(-c2ccc3c(c2)c2ccccc2n3-c2cc(-c3c(C)cccc3C(F)(F)F)cc(-n3c4ccccc4c4cc(-c5cccc(C)c5)ccc43)c2C#N)c1. The topological polar surface area (TPSA) is 33.6 Å². The fourth-order valence-electron chi connectivity index (χ4n) is 8.98. The van der Waals surface area contributed by atoms with E-state index in [4.69, 9.17) is 0 Å². The van der Waals surface area contributed by atoms with Crippen LogP contribution in [0.4, 0.5) is 13.2 Å². The van der Waals surface area contributed by atoms with Crippen LogP contribution in [0.1, 0.15) is 27.8 Å². The molecule has 0 aliphatic carbocycles. The van der Waals surface area contributed by atoms with Gasteiger partial charge in [-0.2, -0.15) is 18.4 Å². The fourth-order valence-corrected chi connectivity index (χ4v) is 8.98. The largest absolute Gasteiger partial charge is 0.417 e. The molecule has 10 rings (SSSR count). The van der Waals surface area contributed by atoms with Crippen molar-refractivity contribution in [3.8, 4) is 50.8 Å². The van der Waals surface area contributed by atoms with E-state index < -0.39 is 11.7 Å². The Labute approximate surface area is 339 Å². The van der Waals surface area contributed by atoms with Crippen LogP contribution in [0.15, 0.2) is 164 Å². The van der Waals surface area contributed by atoms with Gasteiger partial charge in [0.15, 0.2) is 0 Å². The van der Waals surface area contributed by atoms with E-state index in [1.165, 1.54) is 6.07 Å². The standard InChI is InChI=1S/C53H36F3N3/c1-32-11-8-14-35(25-32)37-21-23-48-42(27-37)40-16-4-6-19-46(40)58(48)50-29-39(52-34(3)13-10-18-45(52)53(54,55)56)30-51(44(50)31-57)59-47-20-7-5-17-41(47)43-28-38(22-24-49(43)59)36-15-9-12-33(2)26-36/h4-30H,1-3H3. The Hall–Kier alpha value is -7.36. The van der Waals surface area contributed by atoms with Crippen molar-refractivity contribution in [2.45, 2.75) is 26.9 Å². The van der Waals surface area contributed by atoms with E-state index in [1.54, 1.807) is 25.1 Å². The van der Waals surface area contributed by atoms with Crippen molar-refractivity contribution in [3.63, 3.8) is 0 Å². The highest BCUT2D eigenvalue weighted by molar-refractivity contribution is 6.12. The van der Waals surface area contributed by atoms with E-state index in [1.807, 2.05) is 57.7 Å². The predicted molar refractivity (Wildman–Crippen MR) is 235 cm³/mol. The summed E-state index contributed by atoms with van der Waals surface area (Å²) in [6.07, 6.45) is -4.62. The molecule has 284 valence electrons. The minimum atomic E-state index is -4.62. The molecule has 0 unspecified atom stereocenters. The van der Waals surface area contributed by atoms with Gasteiger partial charge in [0.1, 0.15) is 11.6 Å². The minimum Gasteiger partial charge on any atom is -0.308 e. The molecule has 0 bridgehead atoms. The van der Waals surface area contributed by atoms with Gasteiger partial charge in [-0.25, -0.2) is 0 Å². The number of aryl methyl sites for hydroxylation is 3. The molecule has 0 aliphatic rings. The Balaban J connectivity index is 1.33. The van der Waals surface area contributed by atoms with Crippen LogP contribution in [0.25, 0.3) is 88.4 Å². The zero-order valence-electron chi connectivity index (χ0n) is 32.6. The summed E-state index contributed by atoms with van der Waals surface area (Å²) in [6.45, 7) is 5.85. The lowest BCUT2D eigenvalue weighted by Gasteiger charge is -2.21. The van der Waals surface area contributed by atoms with Gasteiger partial charge in [0.05, 0.1) is 39.0 Å². The number of alkyl halides is 3. The first-order chi connectivity index (χ1) is 28.6. The van der Waals surface area contributed by atoms with Crippen molar-refractivity contribution < 1.29 is 13.2 Å². The van der Waals surface area contributed by atoms with E-state index in [-0.39, 0.29) is 5.56 Å². The molecule has 3 nitrogen and oxygen atoms in total. The smallest absolute Gasteiger partial charge is 0.308 e. The van der Waals surface area contributed by atoms with Crippen molar-refractivity contribution in [2.75, 3.05) is 0 Å². The molecule has 0 fully saturated rings. The molecule has 0 radical (unpaired) electrons. The maximum atomic E-state index is 15.0. The highest BCUT2D eigenvalue weighted by atomic mass is 19.4. The van der Waals surface area contributed by atoms with Crippen molar-refractivity contribution in [1.82, 2.24) is 9.13 Å². The third-order valence-corrected chi connectivity index (χ3v) is 11.6. The molecule has 8 aromatic carbocycles. The highest BCUT2D eigenvalue weighted by Crippen LogP contribution is 2.45. The zero-order valence-corrected chi connectivity index (χ0v) is 32.6. The maximum absolute atomic E-state index is 15.0. The van der Waals surface area contributed by atoms with Gasteiger partial charge in [-0.3, -0.25) is 0 Å². The van der Waals surface area contributed by atoms with Gasteiger partial charge in [0.25, 0.3) is 0 Å². The Morgan fingerprint density at radius 1 is 0.441 bits per heavy atom. The van der Waals surface area contributed by atoms with Crippen molar-refractivity contribution in [3.05, 3.63) is 192 Å². The molecule has 6 heteroatoms. The van der Waals surface area contributed by atoms with Gasteiger partial charge in [-0.1, -0.05) is 120 Å². The normalized spacial score (nSPS) is 11.9. The van der Waals surface area contributed by atoms with Crippen LogP contribution >= 0.6 is 0 Å². The number of hydrogen-bond acceptors (Lipinski definition) is 1. The second-order valence-electron chi connectivity index (χ2n) is 15.4. The molecule has 0 aliphatic heterocycles. The van der Waals surface area contributed by atoms with Crippen LogP contribution in [-0.2, 0) is 6.18 Å². The molecule has 0 saturated heterocycles. The van der Waals surface area contributed by atoms with Crippen LogP contribution in [0.3, 0.4) is 0 Å². The number of halogens is 3. The molecule has 0 atom stereocenters. The minimum absolute atomic E-state index is 0.0805. The first-order valence-electron chi connectivity index (χ1n) is 19.6. The monoisotopic (exact) mass is 771 g/mol. The van der Waals surface area contributed by atoms with Gasteiger partial charge >= 0.3 is 6.18 Å². The average Bonchev–Trinajstić information content (AvgIpc) is 3.75. The highest BCUT2D eigenvalue weighted by Gasteiger charge is 2.35. The summed E-state index contributed by atoms with van der Waals surface area (Å²) in [5, 5.41) is 15.3. The number of rotatable bonds is 5. The van der Waals surface area contributed by atoms with Crippen molar-refractivity contribution in [2.24, 2.45) is 0 Å². The quantitative estimate of drug-likeness (QED) is 0.172. The van der Waals surface area contributed by atoms with Gasteiger partial charge in [0.2, 0.25) is 0 Å². The van der Waals surface area contributed by atoms with Crippen molar-refractivity contribution in [1.29, 1.82) is 5.26 Å². The molecule has 10 aromatic rings. The number of benzene rings is 8. The fraction of sp³-hybridized carbons (Fsp3) is 0.0755. The Kier molecular flexibility index (Phi) is 8.33. The first-order valence-corrected chi connectivity index (χ1v) is 19.6. The third-order valence-electron chi connectivity index (χ3n) is 11.6. The summed E-state index contributed by atoms with van der Waals surface area (Å²) in [5.74, 6) is 0. The summed E-state index contributed by atoms with van der Waals surface area (Å²) < 4.78 is 49.0. The summed E-state index contributed by atoms with van der Waals surface area (Å²) in [6, 6.07) is 55.8. The second-order valence-corrected chi connectivity index (χ2v) is 15.4. The number of nitriles is 1. The van der Waals surface area contributed by atoms with Gasteiger partial charge < -0.3 is 9.13 Å². The molecule has 59 heavy (non-hydrogen) atoms. The molecule has 0 spiro atoms. The van der Waals surface area contributed by atoms with Gasteiger partial charge in [-0.15, -0.1) is 0 Å². The summed E-state index contributed by atoms with van der Waals surface area (Å²) in [5.41, 5.74) is 11.5. The van der Waals surface area contributed by atoms with Crippen molar-refractivity contribution >= 4 is 43.6 Å². The van der Waals surface area contributed by atoms with E-state index in [0.29, 0.717) is 28.1 Å². The van der Waals surface area contributed by atoms with Crippen LogP contribution in [0, 0.1) is 32.1 Å². The molecular weight excluding hydrogens is 736 g/mol. The third kappa shape index (κ3) is 5.89. The number of para-hydroxylation sites is 2. The number of aromatic nitrogens is 2. The van der Waals surface area contributed by atoms with E-state index in [2.05, 4.69) is 105 Å². The number of fused-ring (bicyclic) bond motifs is 6. The van der Waals surface area contributed by atoms with E-state index in [9.17, 15) is 18.4 Å². The Bertz CT molecular complexity index is 3190. The maximum Gasteiger partial charge on any atom is 0.417 e. The first kappa shape index (κ1) is 36.0. The Morgan fingerprint density at radius 2 is 0.898 bits per heavy atom. The van der Waals surface area contributed by atoms with E-state index in [0.717, 1.165) is 83.1 Å². The molecule has 2 aromatic heterocycles. The lowest BCUT2D eigenvalue weighted by molar-refractivity contribution is -0.137. The van der Waals surface area contributed by atoms with Crippen LogP contribution in [-0.4, -0.2) is 9.13 Å². The van der Waals surface area contributed by atoms with Gasteiger partial charge in [0, 0.05) is 21.5 Å². The summed E-state index contributed by atoms with van der Waals surface area (Å²) >= 11 is 0.